The van der Waals surface area contributed by atoms with E-state index in [1.165, 1.54) is 46.9 Å². The Morgan fingerprint density at radius 3 is 2.54 bits per heavy atom. The number of likely N-dealkylation sites (tertiary alicyclic amines) is 1. The quantitative estimate of drug-likeness (QED) is 0.306. The first-order valence-electron chi connectivity index (χ1n) is 10.5. The number of nitrogens with zero attached hydrogens (tertiary/aromatic N) is 3. The molecule has 0 spiro atoms. The molecule has 1 aliphatic heterocycles. The summed E-state index contributed by atoms with van der Waals surface area (Å²) >= 11 is 2.80. The standard InChI is InChI=1S/C13H16N4O2S2.C9H7F3OS/c1-14-13-16-9(7-20-13)12-8(15-10(6-18)21-12)5-17-4-2-3-11(17)19;10-9(11,12)14-8-3-1-7(2-4-8)5-6-13/h7,18H,2-6H2,1H3,(H,14,16);1-4,6H,5H2. The van der Waals surface area contributed by atoms with E-state index in [0.29, 0.717) is 29.8 Å². The molecule has 188 valence electrons. The molecule has 3 heterocycles. The van der Waals surface area contributed by atoms with E-state index < -0.39 is 5.51 Å². The van der Waals surface area contributed by atoms with Gasteiger partial charge in [0.2, 0.25) is 5.91 Å². The third kappa shape index (κ3) is 8.02. The van der Waals surface area contributed by atoms with Crippen molar-refractivity contribution in [3.8, 4) is 10.6 Å². The minimum atomic E-state index is -4.26. The Morgan fingerprint density at radius 1 is 1.26 bits per heavy atom. The molecule has 13 heteroatoms. The van der Waals surface area contributed by atoms with Crippen molar-refractivity contribution >= 4 is 51.8 Å². The van der Waals surface area contributed by atoms with Gasteiger partial charge in [-0.15, -0.1) is 22.7 Å². The fourth-order valence-corrected chi connectivity index (χ4v) is 5.41. The van der Waals surface area contributed by atoms with Crippen molar-refractivity contribution in [2.24, 2.45) is 0 Å². The number of thiazole rings is 2. The Kier molecular flexibility index (Phi) is 9.66. The molecule has 4 rings (SSSR count). The zero-order valence-electron chi connectivity index (χ0n) is 18.7. The molecule has 35 heavy (non-hydrogen) atoms. The minimum Gasteiger partial charge on any atom is -0.389 e. The Balaban J connectivity index is 0.000000214. The van der Waals surface area contributed by atoms with Gasteiger partial charge in [0.15, 0.2) is 5.13 Å². The van der Waals surface area contributed by atoms with Crippen LogP contribution in [0.3, 0.4) is 0 Å². The van der Waals surface area contributed by atoms with Crippen LogP contribution in [0.1, 0.15) is 29.1 Å². The van der Waals surface area contributed by atoms with E-state index in [1.54, 1.807) is 0 Å². The lowest BCUT2D eigenvalue weighted by Gasteiger charge is -2.14. The van der Waals surface area contributed by atoms with E-state index in [0.717, 1.165) is 34.4 Å². The largest absolute Gasteiger partial charge is 0.446 e. The lowest BCUT2D eigenvalue weighted by atomic mass is 10.2. The average molecular weight is 545 g/mol. The van der Waals surface area contributed by atoms with Crippen LogP contribution in [-0.4, -0.2) is 51.3 Å². The van der Waals surface area contributed by atoms with Gasteiger partial charge in [-0.3, -0.25) is 4.79 Å². The first kappa shape index (κ1) is 27.1. The molecule has 1 aromatic carbocycles. The van der Waals surface area contributed by atoms with Crippen LogP contribution in [0.2, 0.25) is 0 Å². The number of halogens is 3. The van der Waals surface area contributed by atoms with E-state index in [-0.39, 0.29) is 35.6 Å². The molecule has 0 atom stereocenters. The fraction of sp³-hybridized carbons (Fsp3) is 0.364. The molecule has 0 radical (unpaired) electrons. The Morgan fingerprint density at radius 2 is 2.00 bits per heavy atom. The first-order chi connectivity index (χ1) is 16.7. The number of anilines is 1. The van der Waals surface area contributed by atoms with E-state index in [9.17, 15) is 27.9 Å². The summed E-state index contributed by atoms with van der Waals surface area (Å²) in [6, 6.07) is 5.75. The van der Waals surface area contributed by atoms with Gasteiger partial charge in [0.05, 0.1) is 29.4 Å². The summed E-state index contributed by atoms with van der Waals surface area (Å²) < 4.78 is 35.7. The van der Waals surface area contributed by atoms with Crippen LogP contribution in [-0.2, 0) is 29.2 Å². The van der Waals surface area contributed by atoms with Gasteiger partial charge < -0.3 is 20.1 Å². The Hall–Kier alpha value is -2.48. The number of rotatable bonds is 8. The molecule has 0 saturated carbocycles. The zero-order chi connectivity index (χ0) is 25.4. The zero-order valence-corrected chi connectivity index (χ0v) is 21.1. The van der Waals surface area contributed by atoms with Gasteiger partial charge in [0.25, 0.3) is 0 Å². The molecule has 1 fully saturated rings. The summed E-state index contributed by atoms with van der Waals surface area (Å²) in [7, 11) is 1.83. The summed E-state index contributed by atoms with van der Waals surface area (Å²) in [5, 5.41) is 15.8. The predicted molar refractivity (Wildman–Crippen MR) is 131 cm³/mol. The highest BCUT2D eigenvalue weighted by atomic mass is 32.2. The van der Waals surface area contributed by atoms with Crippen LogP contribution in [0.5, 0.6) is 0 Å². The van der Waals surface area contributed by atoms with Gasteiger partial charge in [-0.25, -0.2) is 9.97 Å². The molecule has 0 unspecified atom stereocenters. The molecule has 2 aromatic heterocycles. The van der Waals surface area contributed by atoms with Crippen molar-refractivity contribution in [1.82, 2.24) is 14.9 Å². The maximum absolute atomic E-state index is 11.9. The van der Waals surface area contributed by atoms with Gasteiger partial charge in [-0.05, 0) is 35.9 Å². The van der Waals surface area contributed by atoms with Gasteiger partial charge >= 0.3 is 5.51 Å². The molecule has 1 aliphatic rings. The number of hydrogen-bond donors (Lipinski definition) is 2. The molecule has 0 bridgehead atoms. The number of aliphatic hydroxyl groups is 1. The number of carbonyl (C=O) groups is 2. The average Bonchev–Trinajstić information content (AvgIpc) is 3.55. The van der Waals surface area contributed by atoms with Crippen LogP contribution in [0.15, 0.2) is 34.5 Å². The number of hydrogen-bond acceptors (Lipinski definition) is 9. The minimum absolute atomic E-state index is 0.0887. The first-order valence-corrected chi connectivity index (χ1v) is 13.0. The maximum Gasteiger partial charge on any atom is 0.446 e. The van der Waals surface area contributed by atoms with Crippen LogP contribution in [0.4, 0.5) is 18.3 Å². The number of alkyl halides is 3. The van der Waals surface area contributed by atoms with Gasteiger partial charge in [-0.2, -0.15) is 13.2 Å². The molecule has 3 aromatic rings. The smallest absolute Gasteiger partial charge is 0.389 e. The van der Waals surface area contributed by atoms with Crippen molar-refractivity contribution in [3.63, 3.8) is 0 Å². The molecule has 7 nitrogen and oxygen atoms in total. The van der Waals surface area contributed by atoms with Crippen LogP contribution in [0, 0.1) is 0 Å². The van der Waals surface area contributed by atoms with Crippen molar-refractivity contribution in [2.75, 3.05) is 18.9 Å². The van der Waals surface area contributed by atoms with Crippen LogP contribution >= 0.6 is 34.4 Å². The van der Waals surface area contributed by atoms with Crippen molar-refractivity contribution in [1.29, 1.82) is 0 Å². The number of carbonyl (C=O) groups excluding carboxylic acids is 2. The predicted octanol–water partition coefficient (Wildman–Crippen LogP) is 4.96. The number of aliphatic hydroxyl groups excluding tert-OH is 1. The summed E-state index contributed by atoms with van der Waals surface area (Å²) in [6.07, 6.45) is 2.47. The van der Waals surface area contributed by atoms with Gasteiger partial charge in [0, 0.05) is 36.7 Å². The third-order valence-corrected chi connectivity index (χ3v) is 7.52. The Bertz CT molecular complexity index is 1130. The SMILES string of the molecule is CNc1nc(-c2sc(CO)nc2CN2CCCC2=O)cs1.O=CCc1ccc(SC(F)(F)F)cc1. The number of amides is 1. The van der Waals surface area contributed by atoms with Crippen molar-refractivity contribution < 1.29 is 27.9 Å². The lowest BCUT2D eigenvalue weighted by Crippen LogP contribution is -2.24. The number of aromatic nitrogens is 2. The maximum atomic E-state index is 11.9. The van der Waals surface area contributed by atoms with Crippen LogP contribution in [0.25, 0.3) is 10.6 Å². The van der Waals surface area contributed by atoms with Crippen molar-refractivity contribution in [2.45, 2.75) is 42.8 Å². The molecule has 2 N–H and O–H groups in total. The monoisotopic (exact) mass is 544 g/mol. The van der Waals surface area contributed by atoms with E-state index in [4.69, 9.17) is 0 Å². The fourth-order valence-electron chi connectivity index (χ4n) is 3.24. The normalized spacial score (nSPS) is 13.5. The lowest BCUT2D eigenvalue weighted by molar-refractivity contribution is -0.128. The molecule has 0 aliphatic carbocycles. The summed E-state index contributed by atoms with van der Waals surface area (Å²) in [5.74, 6) is 0.175. The second-order valence-corrected chi connectivity index (χ2v) is 10.4. The number of benzene rings is 1. The molecular weight excluding hydrogens is 521 g/mol. The number of aldehydes is 1. The Labute approximate surface area is 212 Å². The molecule has 1 amide bonds. The summed E-state index contributed by atoms with van der Waals surface area (Å²) in [5.41, 5.74) is -1.87. The molecule has 1 saturated heterocycles. The topological polar surface area (TPSA) is 95.4 Å². The number of nitrogens with one attached hydrogen (secondary N) is 1. The van der Waals surface area contributed by atoms with E-state index in [1.807, 2.05) is 17.3 Å². The van der Waals surface area contributed by atoms with Gasteiger partial charge in [-0.1, -0.05) is 12.1 Å². The second kappa shape index (κ2) is 12.5. The van der Waals surface area contributed by atoms with E-state index in [2.05, 4.69) is 15.3 Å². The van der Waals surface area contributed by atoms with Crippen molar-refractivity contribution in [3.05, 3.63) is 45.9 Å². The highest BCUT2D eigenvalue weighted by Crippen LogP contribution is 2.37. The highest BCUT2D eigenvalue weighted by molar-refractivity contribution is 8.00. The van der Waals surface area contributed by atoms with Gasteiger partial charge in [0.1, 0.15) is 11.3 Å². The highest BCUT2D eigenvalue weighted by Gasteiger charge is 2.29. The summed E-state index contributed by atoms with van der Waals surface area (Å²) in [4.78, 5) is 33.7. The summed E-state index contributed by atoms with van der Waals surface area (Å²) in [6.45, 7) is 1.19. The molecular formula is C22H23F3N4O3S3. The second-order valence-electron chi connectivity index (χ2n) is 7.31. The van der Waals surface area contributed by atoms with E-state index >= 15 is 0 Å². The third-order valence-electron chi connectivity index (χ3n) is 4.82. The van der Waals surface area contributed by atoms with Crippen LogP contribution < -0.4 is 5.32 Å². The number of thioether (sulfide) groups is 1.